The molecule has 152 valence electrons. The van der Waals surface area contributed by atoms with Crippen LogP contribution in [-0.4, -0.2) is 51.6 Å². The Hall–Kier alpha value is -3.19. The van der Waals surface area contributed by atoms with Crippen LogP contribution in [0.15, 0.2) is 48.7 Å². The third-order valence-electron chi connectivity index (χ3n) is 4.80. The fourth-order valence-corrected chi connectivity index (χ4v) is 3.02. The van der Waals surface area contributed by atoms with E-state index < -0.39 is 0 Å². The Labute approximate surface area is 170 Å². The second-order valence-electron chi connectivity index (χ2n) is 7.46. The van der Waals surface area contributed by atoms with Crippen molar-refractivity contribution in [2.24, 2.45) is 7.05 Å². The lowest BCUT2D eigenvalue weighted by atomic mass is 10.1. The number of carbonyl (C=O) groups is 2. The summed E-state index contributed by atoms with van der Waals surface area (Å²) < 4.78 is 3.58. The van der Waals surface area contributed by atoms with E-state index in [2.05, 4.69) is 15.3 Å². The lowest BCUT2D eigenvalue weighted by molar-refractivity contribution is -0.115. The van der Waals surface area contributed by atoms with E-state index in [1.54, 1.807) is 28.4 Å². The highest BCUT2D eigenvalue weighted by atomic mass is 16.1. The fourth-order valence-electron chi connectivity index (χ4n) is 3.02. The molecule has 0 saturated carbocycles. The normalized spacial score (nSPS) is 11.1. The number of nitrogens with one attached hydrogen (secondary N) is 1. The minimum Gasteiger partial charge on any atom is -0.344 e. The predicted molar refractivity (Wildman–Crippen MR) is 113 cm³/mol. The first kappa shape index (κ1) is 20.5. The molecule has 0 atom stereocenters. The molecule has 0 radical (unpaired) electrons. The molecule has 0 aliphatic rings. The first-order valence-corrected chi connectivity index (χ1v) is 9.57. The Morgan fingerprint density at radius 1 is 1.07 bits per heavy atom. The summed E-state index contributed by atoms with van der Waals surface area (Å²) in [6.45, 7) is 3.61. The molecule has 1 aromatic carbocycles. The number of hydrogen-bond acceptors (Lipinski definition) is 4. The van der Waals surface area contributed by atoms with Crippen molar-refractivity contribution in [2.75, 3.05) is 26.0 Å². The zero-order valence-electron chi connectivity index (χ0n) is 17.3. The average Bonchev–Trinajstić information content (AvgIpc) is 3.27. The Morgan fingerprint density at radius 2 is 1.79 bits per heavy atom. The van der Waals surface area contributed by atoms with Crippen LogP contribution in [0.1, 0.15) is 27.3 Å². The van der Waals surface area contributed by atoms with Gasteiger partial charge in [0.2, 0.25) is 11.7 Å². The monoisotopic (exact) mass is 393 g/mol. The number of aromatic nitrogens is 3. The van der Waals surface area contributed by atoms with Gasteiger partial charge in [0.1, 0.15) is 0 Å². The molecule has 0 bridgehead atoms. The van der Waals surface area contributed by atoms with Crippen molar-refractivity contribution in [1.29, 1.82) is 0 Å². The molecule has 7 nitrogen and oxygen atoms in total. The lowest BCUT2D eigenvalue weighted by Crippen LogP contribution is -2.20. The lowest BCUT2D eigenvalue weighted by Gasteiger charge is -2.09. The predicted octanol–water partition coefficient (Wildman–Crippen LogP) is 2.50. The molecule has 0 saturated heterocycles. The Kier molecular flexibility index (Phi) is 6.29. The maximum absolute atomic E-state index is 12.7. The van der Waals surface area contributed by atoms with Gasteiger partial charge in [0.05, 0.1) is 18.7 Å². The molecule has 0 spiro atoms. The average molecular weight is 393 g/mol. The van der Waals surface area contributed by atoms with Gasteiger partial charge in [-0.3, -0.25) is 14.3 Å². The van der Waals surface area contributed by atoms with Crippen molar-refractivity contribution in [3.05, 3.63) is 71.2 Å². The van der Waals surface area contributed by atoms with E-state index in [1.165, 1.54) is 0 Å². The van der Waals surface area contributed by atoms with Crippen molar-refractivity contribution in [3.63, 3.8) is 0 Å². The zero-order valence-corrected chi connectivity index (χ0v) is 17.3. The molecule has 29 heavy (non-hydrogen) atoms. The highest BCUT2D eigenvalue weighted by Crippen LogP contribution is 2.15. The van der Waals surface area contributed by atoms with Crippen LogP contribution >= 0.6 is 0 Å². The number of amides is 1. The van der Waals surface area contributed by atoms with Gasteiger partial charge >= 0.3 is 0 Å². The highest BCUT2D eigenvalue weighted by molar-refractivity contribution is 6.08. The summed E-state index contributed by atoms with van der Waals surface area (Å²) in [7, 11) is 5.81. The SMILES string of the molecule is Cc1ccc(C(=O)c2ccc(CC(=O)Nc3ccn(CCN(C)C)n3)n2C)cc1. The Balaban J connectivity index is 1.63. The summed E-state index contributed by atoms with van der Waals surface area (Å²) in [4.78, 5) is 27.2. The molecule has 1 N–H and O–H groups in total. The minimum atomic E-state index is -0.168. The molecule has 0 aliphatic carbocycles. The molecular formula is C22H27N5O2. The number of nitrogens with zero attached hydrogens (tertiary/aromatic N) is 4. The van der Waals surface area contributed by atoms with E-state index in [0.29, 0.717) is 17.1 Å². The van der Waals surface area contributed by atoms with Gasteiger partial charge in [0.15, 0.2) is 5.82 Å². The van der Waals surface area contributed by atoms with Crippen molar-refractivity contribution in [3.8, 4) is 0 Å². The number of hydrogen-bond donors (Lipinski definition) is 1. The van der Waals surface area contributed by atoms with Gasteiger partial charge < -0.3 is 14.8 Å². The summed E-state index contributed by atoms with van der Waals surface area (Å²) in [5.74, 6) is 0.302. The van der Waals surface area contributed by atoms with Gasteiger partial charge in [-0.15, -0.1) is 0 Å². The van der Waals surface area contributed by atoms with Gasteiger partial charge in [0.25, 0.3) is 0 Å². The Morgan fingerprint density at radius 3 is 2.48 bits per heavy atom. The summed E-state index contributed by atoms with van der Waals surface area (Å²) in [6, 6.07) is 12.8. The second kappa shape index (κ2) is 8.87. The van der Waals surface area contributed by atoms with Gasteiger partial charge in [0, 0.05) is 37.1 Å². The number of likely N-dealkylation sites (N-methyl/N-ethyl adjacent to an activating group) is 1. The maximum Gasteiger partial charge on any atom is 0.231 e. The van der Waals surface area contributed by atoms with E-state index in [1.807, 2.05) is 57.5 Å². The van der Waals surface area contributed by atoms with Gasteiger partial charge in [-0.05, 0) is 33.2 Å². The molecule has 7 heteroatoms. The number of ketones is 1. The first-order valence-electron chi connectivity index (χ1n) is 9.57. The molecular weight excluding hydrogens is 366 g/mol. The van der Waals surface area contributed by atoms with Crippen molar-refractivity contribution in [1.82, 2.24) is 19.2 Å². The molecule has 2 aromatic heterocycles. The standard InChI is InChI=1S/C22H27N5O2/c1-16-5-7-17(8-6-16)22(29)19-10-9-18(26(19)4)15-21(28)23-20-11-12-27(24-20)14-13-25(2)3/h5-12H,13-15H2,1-4H3,(H,23,24,28). The van der Waals surface area contributed by atoms with Crippen LogP contribution in [0.2, 0.25) is 0 Å². The Bertz CT molecular complexity index is 999. The number of benzene rings is 1. The summed E-state index contributed by atoms with van der Waals surface area (Å²) >= 11 is 0. The van der Waals surface area contributed by atoms with Crippen LogP contribution < -0.4 is 5.32 Å². The topological polar surface area (TPSA) is 72.2 Å². The summed E-state index contributed by atoms with van der Waals surface area (Å²) in [6.07, 6.45) is 2.02. The van der Waals surface area contributed by atoms with E-state index >= 15 is 0 Å². The van der Waals surface area contributed by atoms with E-state index in [9.17, 15) is 9.59 Å². The second-order valence-corrected chi connectivity index (χ2v) is 7.46. The molecule has 3 aromatic rings. The number of rotatable bonds is 8. The number of anilines is 1. The molecule has 3 rings (SSSR count). The summed E-state index contributed by atoms with van der Waals surface area (Å²) in [5, 5.41) is 7.18. The molecule has 0 unspecified atom stereocenters. The van der Waals surface area contributed by atoms with Crippen LogP contribution in [0, 0.1) is 6.92 Å². The van der Waals surface area contributed by atoms with E-state index in [-0.39, 0.29) is 18.1 Å². The van der Waals surface area contributed by atoms with Gasteiger partial charge in [-0.1, -0.05) is 29.8 Å². The van der Waals surface area contributed by atoms with Crippen molar-refractivity contribution >= 4 is 17.5 Å². The largest absolute Gasteiger partial charge is 0.344 e. The van der Waals surface area contributed by atoms with E-state index in [4.69, 9.17) is 0 Å². The molecule has 0 aliphatic heterocycles. The maximum atomic E-state index is 12.7. The van der Waals surface area contributed by atoms with Crippen LogP contribution in [-0.2, 0) is 24.8 Å². The zero-order chi connectivity index (χ0) is 21.0. The van der Waals surface area contributed by atoms with Crippen LogP contribution in [0.4, 0.5) is 5.82 Å². The van der Waals surface area contributed by atoms with Gasteiger partial charge in [-0.25, -0.2) is 0 Å². The van der Waals surface area contributed by atoms with E-state index in [0.717, 1.165) is 24.3 Å². The van der Waals surface area contributed by atoms with Crippen molar-refractivity contribution in [2.45, 2.75) is 19.9 Å². The number of aryl methyl sites for hydroxylation is 1. The summed E-state index contributed by atoms with van der Waals surface area (Å²) in [5.41, 5.74) is 3.07. The van der Waals surface area contributed by atoms with Crippen LogP contribution in [0.5, 0.6) is 0 Å². The number of carbonyl (C=O) groups excluding carboxylic acids is 2. The first-order chi connectivity index (χ1) is 13.8. The quantitative estimate of drug-likeness (QED) is 0.597. The molecule has 2 heterocycles. The van der Waals surface area contributed by atoms with Gasteiger partial charge in [-0.2, -0.15) is 5.10 Å². The highest BCUT2D eigenvalue weighted by Gasteiger charge is 2.16. The minimum absolute atomic E-state index is 0.0567. The van der Waals surface area contributed by atoms with Crippen LogP contribution in [0.3, 0.4) is 0 Å². The molecule has 1 amide bonds. The van der Waals surface area contributed by atoms with Crippen molar-refractivity contribution < 1.29 is 9.59 Å². The smallest absolute Gasteiger partial charge is 0.231 e. The fraction of sp³-hybridized carbons (Fsp3) is 0.318. The third kappa shape index (κ3) is 5.20. The molecule has 0 fully saturated rings. The van der Waals surface area contributed by atoms with Crippen LogP contribution in [0.25, 0.3) is 0 Å². The third-order valence-corrected chi connectivity index (χ3v) is 4.80.